The maximum atomic E-state index is 4.93. The molecule has 3 rings (SSSR count). The number of allylic oxidation sites excluding steroid dienone is 5. The normalized spacial score (nSPS) is 13.9. The van der Waals surface area contributed by atoms with E-state index in [1.54, 1.807) is 11.3 Å². The Bertz CT molecular complexity index is 719. The Morgan fingerprint density at radius 3 is 2.55 bits per heavy atom. The molecule has 0 radical (unpaired) electrons. The van der Waals surface area contributed by atoms with Gasteiger partial charge in [0.2, 0.25) is 0 Å². The Labute approximate surface area is 139 Å². The molecule has 20 heavy (non-hydrogen) atoms. The van der Waals surface area contributed by atoms with Crippen LogP contribution in [0.25, 0.3) is 23.4 Å². The predicted molar refractivity (Wildman–Crippen MR) is 89.9 cm³/mol. The van der Waals surface area contributed by atoms with Crippen molar-refractivity contribution in [3.63, 3.8) is 0 Å². The van der Waals surface area contributed by atoms with E-state index in [4.69, 9.17) is 6.58 Å². The first-order valence-electron chi connectivity index (χ1n) is 6.55. The van der Waals surface area contributed by atoms with Crippen molar-refractivity contribution < 1.29 is 21.7 Å². The predicted octanol–water partition coefficient (Wildman–Crippen LogP) is 1.93. The van der Waals surface area contributed by atoms with Crippen LogP contribution in [0.1, 0.15) is 25.0 Å². The van der Waals surface area contributed by atoms with Crippen molar-refractivity contribution in [2.24, 2.45) is 0 Å². The van der Waals surface area contributed by atoms with E-state index in [2.05, 4.69) is 43.4 Å². The van der Waals surface area contributed by atoms with Crippen LogP contribution in [0.5, 0.6) is 0 Å². The van der Waals surface area contributed by atoms with E-state index >= 15 is 0 Å². The Balaban J connectivity index is 0.000000293. The van der Waals surface area contributed by atoms with Crippen LogP contribution < -0.4 is 10.4 Å². The summed E-state index contributed by atoms with van der Waals surface area (Å²) in [4.78, 5) is 0. The van der Waals surface area contributed by atoms with Gasteiger partial charge in [-0.2, -0.15) is 6.08 Å². The fourth-order valence-electron chi connectivity index (χ4n) is 2.30. The third-order valence-electron chi connectivity index (χ3n) is 3.48. The molecule has 2 aliphatic carbocycles. The standard InChI is InChI=1S/C13H12Si.C5H7.Ti/c1-8-5-11-6-9-3-2-4-10(9)7-12(11)13(8)14;1-3-5-4-2;/h2-7H,1,14H3;1,3-5H,2H3;/q;-1;. The van der Waals surface area contributed by atoms with Gasteiger partial charge in [0.25, 0.3) is 0 Å². The van der Waals surface area contributed by atoms with E-state index in [9.17, 15) is 0 Å². The van der Waals surface area contributed by atoms with E-state index in [-0.39, 0.29) is 21.7 Å². The molecule has 0 saturated heterocycles. The topological polar surface area (TPSA) is 0 Å². The van der Waals surface area contributed by atoms with Crippen LogP contribution in [0.2, 0.25) is 0 Å². The summed E-state index contributed by atoms with van der Waals surface area (Å²) in [6, 6.07) is 4.64. The Morgan fingerprint density at radius 2 is 1.95 bits per heavy atom. The Kier molecular flexibility index (Phi) is 6.41. The van der Waals surface area contributed by atoms with Crippen molar-refractivity contribution in [2.45, 2.75) is 13.8 Å². The van der Waals surface area contributed by atoms with Gasteiger partial charge in [0.05, 0.1) is 0 Å². The van der Waals surface area contributed by atoms with E-state index in [1.807, 2.05) is 13.0 Å². The Hall–Kier alpha value is -1.15. The maximum absolute atomic E-state index is 4.93. The Morgan fingerprint density at radius 1 is 1.20 bits per heavy atom. The van der Waals surface area contributed by atoms with Crippen molar-refractivity contribution in [2.75, 3.05) is 0 Å². The molecular formula is C18H19SiTi-. The first-order chi connectivity index (χ1) is 9.17. The van der Waals surface area contributed by atoms with Gasteiger partial charge in [-0.15, -0.1) is 0 Å². The summed E-state index contributed by atoms with van der Waals surface area (Å²) in [5.41, 5.74) is 4.24. The monoisotopic (exact) mass is 311 g/mol. The van der Waals surface area contributed by atoms with E-state index in [1.165, 1.54) is 33.2 Å². The van der Waals surface area contributed by atoms with Crippen molar-refractivity contribution in [1.82, 2.24) is 0 Å². The molecule has 1 aromatic carbocycles. The summed E-state index contributed by atoms with van der Waals surface area (Å²) in [5, 5.41) is 4.39. The van der Waals surface area contributed by atoms with Crippen LogP contribution in [0.4, 0.5) is 0 Å². The van der Waals surface area contributed by atoms with Crippen molar-refractivity contribution in [3.05, 3.63) is 70.2 Å². The van der Waals surface area contributed by atoms with Gasteiger partial charge in [-0.05, 0) is 40.6 Å². The molecule has 0 aromatic heterocycles. The molecule has 0 nitrogen and oxygen atoms in total. The molecule has 0 heterocycles. The first kappa shape index (κ1) is 16.9. The van der Waals surface area contributed by atoms with Gasteiger partial charge in [0.1, 0.15) is 0 Å². The van der Waals surface area contributed by atoms with Gasteiger partial charge in [0.15, 0.2) is 0 Å². The second kappa shape index (κ2) is 7.59. The summed E-state index contributed by atoms with van der Waals surface area (Å²) in [6.45, 7) is 9.06. The quantitative estimate of drug-likeness (QED) is 0.422. The zero-order valence-electron chi connectivity index (χ0n) is 12.3. The molecule has 0 saturated carbocycles. The second-order valence-corrected chi connectivity index (χ2v) is 5.76. The number of rotatable bonds is 1. The third-order valence-corrected chi connectivity index (χ3v) is 4.81. The molecule has 0 atom stereocenters. The minimum Gasteiger partial charge on any atom is -0.293 e. The van der Waals surface area contributed by atoms with Gasteiger partial charge in [-0.3, -0.25) is 6.58 Å². The third kappa shape index (κ3) is 3.49. The van der Waals surface area contributed by atoms with Crippen LogP contribution in [-0.4, -0.2) is 10.2 Å². The van der Waals surface area contributed by atoms with Gasteiger partial charge in [-0.1, -0.05) is 42.0 Å². The average Bonchev–Trinajstić information content (AvgIpc) is 2.95. The molecule has 0 fully saturated rings. The molecular weight excluding hydrogens is 292 g/mol. The molecule has 0 unspecified atom stereocenters. The van der Waals surface area contributed by atoms with Crippen LogP contribution in [0.15, 0.2) is 42.0 Å². The summed E-state index contributed by atoms with van der Waals surface area (Å²) >= 11 is 0. The molecule has 2 aliphatic rings. The SMILES string of the molecule is CC1=Cc2cc3c(cc2=C1[SiH3])C=CC=3.[CH-]=CC=CC.[Ti]. The molecule has 0 aliphatic heterocycles. The van der Waals surface area contributed by atoms with Crippen LogP contribution in [0.3, 0.4) is 0 Å². The second-order valence-electron chi connectivity index (χ2n) is 4.76. The van der Waals surface area contributed by atoms with Crippen LogP contribution in [0, 0.1) is 6.58 Å². The summed E-state index contributed by atoms with van der Waals surface area (Å²) < 4.78 is 0. The molecule has 100 valence electrons. The van der Waals surface area contributed by atoms with Gasteiger partial charge in [-0.25, -0.2) is 12.2 Å². The fourth-order valence-corrected chi connectivity index (χ4v) is 2.88. The molecule has 1 aromatic rings. The van der Waals surface area contributed by atoms with E-state index in [0.29, 0.717) is 0 Å². The summed E-state index contributed by atoms with van der Waals surface area (Å²) in [6.07, 6.45) is 14.0. The zero-order valence-corrected chi connectivity index (χ0v) is 15.8. The number of hydrogen-bond acceptors (Lipinski definition) is 0. The molecule has 0 bridgehead atoms. The van der Waals surface area contributed by atoms with Gasteiger partial charge in [0, 0.05) is 32.0 Å². The average molecular weight is 311 g/mol. The molecule has 0 amide bonds. The first-order valence-corrected chi connectivity index (χ1v) is 7.55. The van der Waals surface area contributed by atoms with E-state index in [0.717, 1.165) is 10.2 Å². The summed E-state index contributed by atoms with van der Waals surface area (Å²) in [5.74, 6) is 0. The number of hydrogen-bond donors (Lipinski definition) is 0. The molecule has 0 N–H and O–H groups in total. The minimum atomic E-state index is 0. The maximum Gasteiger partial charge on any atom is 0.0396 e. The largest absolute Gasteiger partial charge is 0.293 e. The van der Waals surface area contributed by atoms with Crippen molar-refractivity contribution in [3.8, 4) is 0 Å². The fraction of sp³-hybridized carbons (Fsp3) is 0.111. The minimum absolute atomic E-state index is 0. The van der Waals surface area contributed by atoms with Gasteiger partial charge < -0.3 is 0 Å². The zero-order chi connectivity index (χ0) is 13.8. The summed E-state index contributed by atoms with van der Waals surface area (Å²) in [7, 11) is 1.15. The van der Waals surface area contributed by atoms with E-state index < -0.39 is 0 Å². The van der Waals surface area contributed by atoms with Crippen molar-refractivity contribution >= 4 is 33.7 Å². The number of benzene rings is 1. The smallest absolute Gasteiger partial charge is 0.0396 e. The van der Waals surface area contributed by atoms with Gasteiger partial charge >= 0.3 is 0 Å². The van der Waals surface area contributed by atoms with Crippen LogP contribution >= 0.6 is 0 Å². The molecule has 0 spiro atoms. The van der Waals surface area contributed by atoms with Crippen LogP contribution in [-0.2, 0) is 21.7 Å². The number of fused-ring (bicyclic) bond motifs is 2. The molecule has 2 heteroatoms. The van der Waals surface area contributed by atoms with Crippen molar-refractivity contribution in [1.29, 1.82) is 0 Å².